The van der Waals surface area contributed by atoms with Crippen molar-refractivity contribution in [2.75, 3.05) is 6.61 Å². The zero-order valence-corrected chi connectivity index (χ0v) is 9.24. The van der Waals surface area contributed by atoms with Gasteiger partial charge < -0.3 is 15.0 Å². The lowest BCUT2D eigenvalue weighted by atomic mass is 10.0. The summed E-state index contributed by atoms with van der Waals surface area (Å²) >= 11 is 0. The van der Waals surface area contributed by atoms with Crippen LogP contribution in [0.25, 0.3) is 11.4 Å². The number of hydrogen-bond donors (Lipinski definition) is 1. The zero-order valence-electron chi connectivity index (χ0n) is 9.24. The van der Waals surface area contributed by atoms with E-state index in [1.54, 1.807) is 0 Å². The first-order chi connectivity index (χ1) is 8.70. The van der Waals surface area contributed by atoms with Crippen molar-refractivity contribution in [1.82, 2.24) is 10.1 Å². The molecule has 0 unspecified atom stereocenters. The number of halogens is 2. The van der Waals surface area contributed by atoms with Gasteiger partial charge in [0.2, 0.25) is 11.7 Å². The highest BCUT2D eigenvalue weighted by Gasteiger charge is 2.27. The minimum Gasteiger partial charge on any atom is -0.490 e. The molecule has 7 heteroatoms. The second-order valence-electron chi connectivity index (χ2n) is 3.84. The van der Waals surface area contributed by atoms with Crippen molar-refractivity contribution in [2.24, 2.45) is 5.73 Å². The van der Waals surface area contributed by atoms with Crippen LogP contribution in [-0.2, 0) is 13.0 Å². The average Bonchev–Trinajstić information content (AvgIpc) is 2.97. The van der Waals surface area contributed by atoms with Gasteiger partial charge in [0.1, 0.15) is 5.82 Å². The smallest absolute Gasteiger partial charge is 0.240 e. The minimum absolute atomic E-state index is 0.0606. The summed E-state index contributed by atoms with van der Waals surface area (Å²) in [5.41, 5.74) is 5.89. The lowest BCUT2D eigenvalue weighted by molar-refractivity contribution is 0.338. The van der Waals surface area contributed by atoms with Gasteiger partial charge in [-0.3, -0.25) is 0 Å². The van der Waals surface area contributed by atoms with Crippen molar-refractivity contribution in [3.05, 3.63) is 29.2 Å². The Morgan fingerprint density at radius 3 is 2.89 bits per heavy atom. The highest BCUT2D eigenvalue weighted by Crippen LogP contribution is 2.37. The largest absolute Gasteiger partial charge is 0.490 e. The summed E-state index contributed by atoms with van der Waals surface area (Å²) in [6.07, 6.45) is 0.409. The zero-order chi connectivity index (χ0) is 12.7. The van der Waals surface area contributed by atoms with Gasteiger partial charge in [-0.25, -0.2) is 8.78 Å². The molecule has 0 saturated carbocycles. The quantitative estimate of drug-likeness (QED) is 0.875. The van der Waals surface area contributed by atoms with E-state index in [1.165, 1.54) is 0 Å². The third-order valence-electron chi connectivity index (χ3n) is 2.75. The van der Waals surface area contributed by atoms with Gasteiger partial charge >= 0.3 is 0 Å². The summed E-state index contributed by atoms with van der Waals surface area (Å²) in [5, 5.41) is 3.64. The normalized spacial score (nSPS) is 13.5. The second-order valence-corrected chi connectivity index (χ2v) is 3.84. The highest BCUT2D eigenvalue weighted by atomic mass is 19.1. The Bertz CT molecular complexity index is 613. The van der Waals surface area contributed by atoms with E-state index in [0.717, 1.165) is 6.07 Å². The van der Waals surface area contributed by atoms with Gasteiger partial charge in [0, 0.05) is 18.1 Å². The lowest BCUT2D eigenvalue weighted by Gasteiger charge is -2.05. The van der Waals surface area contributed by atoms with Gasteiger partial charge in [-0.2, -0.15) is 4.98 Å². The summed E-state index contributed by atoms with van der Waals surface area (Å²) in [5.74, 6) is -1.13. The molecule has 5 nitrogen and oxygen atoms in total. The molecule has 0 radical (unpaired) electrons. The molecule has 18 heavy (non-hydrogen) atoms. The molecular weight excluding hydrogens is 244 g/mol. The van der Waals surface area contributed by atoms with Crippen LogP contribution in [0.15, 0.2) is 10.6 Å². The second kappa shape index (κ2) is 4.02. The summed E-state index contributed by atoms with van der Waals surface area (Å²) in [7, 11) is 0. The molecule has 0 fully saturated rings. The molecule has 1 aliphatic heterocycles. The van der Waals surface area contributed by atoms with E-state index in [-0.39, 0.29) is 29.6 Å². The van der Waals surface area contributed by atoms with E-state index in [1.807, 2.05) is 0 Å². The van der Waals surface area contributed by atoms with Crippen LogP contribution >= 0.6 is 0 Å². The number of nitrogens with two attached hydrogens (primary N) is 1. The van der Waals surface area contributed by atoms with Gasteiger partial charge in [0.25, 0.3) is 0 Å². The van der Waals surface area contributed by atoms with E-state index in [9.17, 15) is 8.78 Å². The van der Waals surface area contributed by atoms with E-state index < -0.39 is 11.6 Å². The number of nitrogens with zero attached hydrogens (tertiary/aromatic N) is 2. The van der Waals surface area contributed by atoms with E-state index in [2.05, 4.69) is 10.1 Å². The topological polar surface area (TPSA) is 74.2 Å². The molecule has 1 aromatic heterocycles. The SMILES string of the molecule is NCc1nc(-c2c(F)cc(F)c3c2CCO3)no1. The molecule has 2 N–H and O–H groups in total. The van der Waals surface area contributed by atoms with Crippen molar-refractivity contribution in [3.63, 3.8) is 0 Å². The summed E-state index contributed by atoms with van der Waals surface area (Å²) < 4.78 is 37.3. The fourth-order valence-corrected chi connectivity index (χ4v) is 1.98. The summed E-state index contributed by atoms with van der Waals surface area (Å²) in [6, 6.07) is 0.762. The predicted octanol–water partition coefficient (Wildman–Crippen LogP) is 1.41. The average molecular weight is 253 g/mol. The number of ether oxygens (including phenoxy) is 1. The summed E-state index contributed by atoms with van der Waals surface area (Å²) in [4.78, 5) is 3.95. The molecule has 0 amide bonds. The Kier molecular flexibility index (Phi) is 2.48. The Labute approximate surface area is 101 Å². The maximum absolute atomic E-state index is 13.9. The monoisotopic (exact) mass is 253 g/mol. The van der Waals surface area contributed by atoms with Gasteiger partial charge in [-0.05, 0) is 0 Å². The van der Waals surface area contributed by atoms with Crippen molar-refractivity contribution < 1.29 is 18.0 Å². The van der Waals surface area contributed by atoms with Crippen molar-refractivity contribution >= 4 is 0 Å². The van der Waals surface area contributed by atoms with Crippen LogP contribution in [0.5, 0.6) is 5.75 Å². The van der Waals surface area contributed by atoms with E-state index in [4.69, 9.17) is 15.0 Å². The molecule has 0 aliphatic carbocycles. The van der Waals surface area contributed by atoms with Gasteiger partial charge in [-0.15, -0.1) is 0 Å². The number of hydrogen-bond acceptors (Lipinski definition) is 5. The predicted molar refractivity (Wildman–Crippen MR) is 56.7 cm³/mol. The molecule has 3 rings (SSSR count). The molecule has 1 aliphatic rings. The Hall–Kier alpha value is -2.02. The van der Waals surface area contributed by atoms with Crippen molar-refractivity contribution in [1.29, 1.82) is 0 Å². The molecule has 2 aromatic rings. The molecule has 0 bridgehead atoms. The van der Waals surface area contributed by atoms with Crippen LogP contribution in [0.2, 0.25) is 0 Å². The molecule has 0 saturated heterocycles. The number of rotatable bonds is 2. The van der Waals surface area contributed by atoms with Crippen molar-refractivity contribution in [3.8, 4) is 17.1 Å². The van der Waals surface area contributed by atoms with E-state index >= 15 is 0 Å². The highest BCUT2D eigenvalue weighted by molar-refractivity contribution is 5.66. The van der Waals surface area contributed by atoms with Crippen LogP contribution in [0.1, 0.15) is 11.5 Å². The number of fused-ring (bicyclic) bond motifs is 1. The Balaban J connectivity index is 2.20. The fraction of sp³-hybridized carbons (Fsp3) is 0.273. The maximum Gasteiger partial charge on any atom is 0.240 e. The molecule has 2 heterocycles. The van der Waals surface area contributed by atoms with Crippen LogP contribution in [0.3, 0.4) is 0 Å². The number of benzene rings is 1. The first-order valence-corrected chi connectivity index (χ1v) is 5.37. The Morgan fingerprint density at radius 1 is 1.33 bits per heavy atom. The van der Waals surface area contributed by atoms with Crippen LogP contribution < -0.4 is 10.5 Å². The standard InChI is InChI=1S/C11H9F2N3O2/c12-6-3-7(13)10-5(1-2-17-10)9(6)11-15-8(4-14)18-16-11/h3H,1-2,4,14H2. The minimum atomic E-state index is -0.735. The number of aromatic nitrogens is 2. The van der Waals surface area contributed by atoms with Crippen LogP contribution in [0, 0.1) is 11.6 Å². The van der Waals surface area contributed by atoms with Gasteiger partial charge in [-0.1, -0.05) is 5.16 Å². The maximum atomic E-state index is 13.9. The van der Waals surface area contributed by atoms with Gasteiger partial charge in [0.05, 0.1) is 18.7 Å². The fourth-order valence-electron chi connectivity index (χ4n) is 1.98. The molecule has 0 atom stereocenters. The molecule has 0 spiro atoms. The summed E-state index contributed by atoms with van der Waals surface area (Å²) in [6.45, 7) is 0.374. The third-order valence-corrected chi connectivity index (χ3v) is 2.75. The molecule has 94 valence electrons. The van der Waals surface area contributed by atoms with Crippen LogP contribution in [-0.4, -0.2) is 16.7 Å². The Morgan fingerprint density at radius 2 is 2.17 bits per heavy atom. The van der Waals surface area contributed by atoms with Gasteiger partial charge in [0.15, 0.2) is 11.6 Å². The van der Waals surface area contributed by atoms with Crippen LogP contribution in [0.4, 0.5) is 8.78 Å². The molecular formula is C11H9F2N3O2. The molecule has 1 aromatic carbocycles. The lowest BCUT2D eigenvalue weighted by Crippen LogP contribution is -1.98. The first-order valence-electron chi connectivity index (χ1n) is 5.37. The van der Waals surface area contributed by atoms with E-state index in [0.29, 0.717) is 18.6 Å². The first kappa shape index (κ1) is 11.1. The van der Waals surface area contributed by atoms with Crippen molar-refractivity contribution in [2.45, 2.75) is 13.0 Å². The third kappa shape index (κ3) is 1.55.